The average molecular weight is 276 g/mol. The second kappa shape index (κ2) is 4.52. The summed E-state index contributed by atoms with van der Waals surface area (Å²) in [6.07, 6.45) is -3.89. The van der Waals surface area contributed by atoms with E-state index in [0.29, 0.717) is 0 Å². The number of imidazole rings is 1. The summed E-state index contributed by atoms with van der Waals surface area (Å²) in [4.78, 5) is 16.9. The van der Waals surface area contributed by atoms with Gasteiger partial charge in [-0.3, -0.25) is 0 Å². The number of esters is 1. The van der Waals surface area contributed by atoms with Gasteiger partial charge in [0.25, 0.3) is 0 Å². The molecular formula is C11H8F4N2O2. The third kappa shape index (κ3) is 2.13. The van der Waals surface area contributed by atoms with Crippen LogP contribution in [0.25, 0.3) is 11.0 Å². The fraction of sp³-hybridized carbons (Fsp3) is 0.273. The van der Waals surface area contributed by atoms with Gasteiger partial charge in [0.15, 0.2) is 5.82 Å². The summed E-state index contributed by atoms with van der Waals surface area (Å²) in [7, 11) is 1.11. The number of hydrogen-bond donors (Lipinski definition) is 1. The van der Waals surface area contributed by atoms with Crippen LogP contribution in [0.5, 0.6) is 0 Å². The molecule has 1 N–H and O–H groups in total. The number of fused-ring (bicyclic) bond motifs is 1. The van der Waals surface area contributed by atoms with Crippen LogP contribution in [0.1, 0.15) is 16.2 Å². The van der Waals surface area contributed by atoms with Crippen LogP contribution in [0.15, 0.2) is 18.2 Å². The number of para-hydroxylation sites is 1. The first-order valence-corrected chi connectivity index (χ1v) is 5.11. The van der Waals surface area contributed by atoms with E-state index in [9.17, 15) is 22.4 Å². The molecule has 0 fully saturated rings. The molecule has 0 spiro atoms. The SMILES string of the molecule is COC(=O)c1cccc2[nH]c(C(F)(F)C(F)F)nc12. The van der Waals surface area contributed by atoms with Crippen molar-refractivity contribution in [1.29, 1.82) is 0 Å². The summed E-state index contributed by atoms with van der Waals surface area (Å²) in [6, 6.07) is 4.05. The molecule has 2 rings (SSSR count). The molecule has 0 atom stereocenters. The van der Waals surface area contributed by atoms with Crippen molar-refractivity contribution in [2.45, 2.75) is 12.3 Å². The maximum Gasteiger partial charge on any atom is 0.363 e. The van der Waals surface area contributed by atoms with Crippen molar-refractivity contribution in [3.8, 4) is 0 Å². The van der Waals surface area contributed by atoms with Crippen LogP contribution in [0.3, 0.4) is 0 Å². The summed E-state index contributed by atoms with van der Waals surface area (Å²) >= 11 is 0. The lowest BCUT2D eigenvalue weighted by Gasteiger charge is -2.11. The van der Waals surface area contributed by atoms with E-state index in [0.717, 1.165) is 7.11 Å². The first kappa shape index (κ1) is 13.3. The number of H-pyrrole nitrogens is 1. The molecule has 19 heavy (non-hydrogen) atoms. The van der Waals surface area contributed by atoms with Crippen molar-refractivity contribution in [2.75, 3.05) is 7.11 Å². The zero-order chi connectivity index (χ0) is 14.2. The van der Waals surface area contributed by atoms with Gasteiger partial charge < -0.3 is 9.72 Å². The largest absolute Gasteiger partial charge is 0.465 e. The average Bonchev–Trinajstić information content (AvgIpc) is 2.81. The number of carbonyl (C=O) groups excluding carboxylic acids is 1. The molecule has 1 aromatic carbocycles. The van der Waals surface area contributed by atoms with Crippen molar-refractivity contribution < 1.29 is 27.1 Å². The quantitative estimate of drug-likeness (QED) is 0.692. The Labute approximate surface area is 104 Å². The second-order valence-corrected chi connectivity index (χ2v) is 3.70. The van der Waals surface area contributed by atoms with Crippen molar-refractivity contribution in [3.63, 3.8) is 0 Å². The maximum absolute atomic E-state index is 13.2. The van der Waals surface area contributed by atoms with Gasteiger partial charge in [-0.15, -0.1) is 0 Å². The molecule has 0 saturated heterocycles. The smallest absolute Gasteiger partial charge is 0.363 e. The Morgan fingerprint density at radius 1 is 1.42 bits per heavy atom. The van der Waals surface area contributed by atoms with E-state index in [1.165, 1.54) is 18.2 Å². The van der Waals surface area contributed by atoms with Gasteiger partial charge >= 0.3 is 18.3 Å². The number of carbonyl (C=O) groups is 1. The van der Waals surface area contributed by atoms with E-state index in [1.807, 2.05) is 0 Å². The second-order valence-electron chi connectivity index (χ2n) is 3.70. The molecule has 8 heteroatoms. The van der Waals surface area contributed by atoms with Gasteiger partial charge in [-0.25, -0.2) is 18.6 Å². The first-order valence-electron chi connectivity index (χ1n) is 5.11. The number of hydrogen-bond acceptors (Lipinski definition) is 3. The molecule has 1 aromatic heterocycles. The van der Waals surface area contributed by atoms with Crippen LogP contribution in [0.2, 0.25) is 0 Å². The Morgan fingerprint density at radius 2 is 2.11 bits per heavy atom. The number of nitrogens with zero attached hydrogens (tertiary/aromatic N) is 1. The van der Waals surface area contributed by atoms with Gasteiger partial charge in [-0.1, -0.05) is 6.07 Å². The number of alkyl halides is 4. The van der Waals surface area contributed by atoms with Gasteiger partial charge in [0, 0.05) is 0 Å². The molecule has 1 heterocycles. The summed E-state index contributed by atoms with van der Waals surface area (Å²) in [5.41, 5.74) is -0.157. The molecule has 0 unspecified atom stereocenters. The highest BCUT2D eigenvalue weighted by atomic mass is 19.3. The van der Waals surface area contributed by atoms with Gasteiger partial charge in [0.1, 0.15) is 5.52 Å². The predicted octanol–water partition coefficient (Wildman–Crippen LogP) is 2.71. The van der Waals surface area contributed by atoms with Crippen LogP contribution < -0.4 is 0 Å². The molecule has 0 bridgehead atoms. The van der Waals surface area contributed by atoms with Gasteiger partial charge in [-0.05, 0) is 12.1 Å². The molecule has 0 aliphatic carbocycles. The normalized spacial score (nSPS) is 12.1. The number of rotatable bonds is 3. The molecular weight excluding hydrogens is 268 g/mol. The maximum atomic E-state index is 13.2. The van der Waals surface area contributed by atoms with E-state index in [2.05, 4.69) is 14.7 Å². The first-order chi connectivity index (χ1) is 8.87. The highest BCUT2D eigenvalue weighted by molar-refractivity contribution is 6.01. The van der Waals surface area contributed by atoms with Crippen LogP contribution in [-0.4, -0.2) is 29.5 Å². The van der Waals surface area contributed by atoms with Crippen molar-refractivity contribution in [2.24, 2.45) is 0 Å². The predicted molar refractivity (Wildman–Crippen MR) is 57.3 cm³/mol. The van der Waals surface area contributed by atoms with Gasteiger partial charge in [0.2, 0.25) is 0 Å². The lowest BCUT2D eigenvalue weighted by Crippen LogP contribution is -2.25. The number of nitrogens with one attached hydrogen (secondary N) is 1. The third-order valence-corrected chi connectivity index (χ3v) is 2.51. The lowest BCUT2D eigenvalue weighted by atomic mass is 10.2. The zero-order valence-electron chi connectivity index (χ0n) is 9.58. The molecule has 102 valence electrons. The minimum Gasteiger partial charge on any atom is -0.465 e. The molecule has 0 amide bonds. The third-order valence-electron chi connectivity index (χ3n) is 2.51. The minimum absolute atomic E-state index is 0.0539. The van der Waals surface area contributed by atoms with Crippen LogP contribution in [-0.2, 0) is 10.7 Å². The molecule has 0 aliphatic rings. The number of halogens is 4. The van der Waals surface area contributed by atoms with E-state index in [4.69, 9.17) is 0 Å². The topological polar surface area (TPSA) is 55.0 Å². The number of methoxy groups -OCH3 is 1. The van der Waals surface area contributed by atoms with Gasteiger partial charge in [-0.2, -0.15) is 8.78 Å². The van der Waals surface area contributed by atoms with Crippen LogP contribution >= 0.6 is 0 Å². The van der Waals surface area contributed by atoms with E-state index in [1.54, 1.807) is 0 Å². The van der Waals surface area contributed by atoms with Crippen LogP contribution in [0, 0.1) is 0 Å². The summed E-state index contributed by atoms with van der Waals surface area (Å²) in [5.74, 6) is -6.38. The van der Waals surface area contributed by atoms with E-state index < -0.39 is 24.1 Å². The Bertz CT molecular complexity index is 624. The molecule has 0 aliphatic heterocycles. The monoisotopic (exact) mass is 276 g/mol. The number of benzene rings is 1. The highest BCUT2D eigenvalue weighted by Gasteiger charge is 2.46. The molecule has 0 radical (unpaired) electrons. The fourth-order valence-corrected chi connectivity index (χ4v) is 1.57. The summed E-state index contributed by atoms with van der Waals surface area (Å²) in [6.45, 7) is 0. The van der Waals surface area contributed by atoms with Crippen LogP contribution in [0.4, 0.5) is 17.6 Å². The van der Waals surface area contributed by atoms with E-state index >= 15 is 0 Å². The highest BCUT2D eigenvalue weighted by Crippen LogP contribution is 2.34. The lowest BCUT2D eigenvalue weighted by molar-refractivity contribution is -0.140. The van der Waals surface area contributed by atoms with Crippen molar-refractivity contribution in [3.05, 3.63) is 29.6 Å². The number of ether oxygens (including phenoxy) is 1. The van der Waals surface area contributed by atoms with Gasteiger partial charge in [0.05, 0.1) is 18.2 Å². The summed E-state index contributed by atoms with van der Waals surface area (Å²) in [5, 5.41) is 0. The number of aromatic amines is 1. The van der Waals surface area contributed by atoms with Crippen molar-refractivity contribution >= 4 is 17.0 Å². The van der Waals surface area contributed by atoms with E-state index in [-0.39, 0.29) is 16.6 Å². The fourth-order valence-electron chi connectivity index (χ4n) is 1.57. The standard InChI is InChI=1S/C11H8F4N2O2/c1-19-8(18)5-3-2-4-6-7(5)17-10(16-6)11(14,15)9(12)13/h2-4,9H,1H3,(H,16,17). The number of aromatic nitrogens is 2. The Morgan fingerprint density at radius 3 is 2.68 bits per heavy atom. The molecule has 4 nitrogen and oxygen atoms in total. The Kier molecular flexibility index (Phi) is 3.17. The zero-order valence-corrected chi connectivity index (χ0v) is 9.58. The Balaban J connectivity index is 2.61. The molecule has 0 saturated carbocycles. The summed E-state index contributed by atoms with van der Waals surface area (Å²) < 4.78 is 55.3. The van der Waals surface area contributed by atoms with Crippen molar-refractivity contribution in [1.82, 2.24) is 9.97 Å². The molecule has 2 aromatic rings. The Hall–Kier alpha value is -2.12. The minimum atomic E-state index is -4.41.